The Bertz CT molecular complexity index is 658. The second-order valence-electron chi connectivity index (χ2n) is 5.18. The predicted molar refractivity (Wildman–Crippen MR) is 78.1 cm³/mol. The molecule has 2 rings (SSSR count). The van der Waals surface area contributed by atoms with Crippen LogP contribution in [0.3, 0.4) is 0 Å². The lowest BCUT2D eigenvalue weighted by molar-refractivity contribution is -0.146. The summed E-state index contributed by atoms with van der Waals surface area (Å²) in [6.07, 6.45) is -0.818. The molecule has 0 saturated carbocycles. The van der Waals surface area contributed by atoms with Gasteiger partial charge in [-0.15, -0.1) is 0 Å². The lowest BCUT2D eigenvalue weighted by Crippen LogP contribution is -2.34. The van der Waals surface area contributed by atoms with Gasteiger partial charge < -0.3 is 10.4 Å². The van der Waals surface area contributed by atoms with E-state index >= 15 is 0 Å². The van der Waals surface area contributed by atoms with Gasteiger partial charge in [-0.1, -0.05) is 23.8 Å². The van der Waals surface area contributed by atoms with Crippen molar-refractivity contribution in [3.8, 4) is 0 Å². The summed E-state index contributed by atoms with van der Waals surface area (Å²) < 4.78 is 38.2. The second kappa shape index (κ2) is 6.62. The van der Waals surface area contributed by atoms with Crippen molar-refractivity contribution >= 4 is 29.2 Å². The molecule has 1 aliphatic carbocycles. The van der Waals surface area contributed by atoms with Gasteiger partial charge in [-0.25, -0.2) is 0 Å². The van der Waals surface area contributed by atoms with E-state index in [0.717, 1.165) is 18.2 Å². The first-order valence-electron chi connectivity index (χ1n) is 6.75. The van der Waals surface area contributed by atoms with Crippen molar-refractivity contribution in [3.05, 3.63) is 40.9 Å². The topological polar surface area (TPSA) is 66.4 Å². The minimum Gasteiger partial charge on any atom is -0.481 e. The van der Waals surface area contributed by atoms with Crippen molar-refractivity contribution < 1.29 is 27.9 Å². The van der Waals surface area contributed by atoms with E-state index in [0.29, 0.717) is 0 Å². The first-order chi connectivity index (χ1) is 10.7. The van der Waals surface area contributed by atoms with Gasteiger partial charge in [0, 0.05) is 0 Å². The van der Waals surface area contributed by atoms with Crippen molar-refractivity contribution in [1.82, 2.24) is 0 Å². The van der Waals surface area contributed by atoms with Crippen LogP contribution >= 0.6 is 11.6 Å². The maximum atomic E-state index is 12.7. The number of anilines is 1. The molecule has 0 bridgehead atoms. The van der Waals surface area contributed by atoms with Crippen molar-refractivity contribution in [3.63, 3.8) is 0 Å². The van der Waals surface area contributed by atoms with E-state index in [-0.39, 0.29) is 23.6 Å². The molecule has 0 unspecified atom stereocenters. The van der Waals surface area contributed by atoms with E-state index in [4.69, 9.17) is 16.7 Å². The molecule has 0 saturated heterocycles. The summed E-state index contributed by atoms with van der Waals surface area (Å²) in [5.74, 6) is -3.56. The van der Waals surface area contributed by atoms with Gasteiger partial charge in [0.1, 0.15) is 0 Å². The SMILES string of the molecule is O=C(Nc1cc(C(F)(F)F)ccc1Cl)[C@H]1CC=CC[C@H]1C(=O)O. The maximum absolute atomic E-state index is 12.7. The minimum absolute atomic E-state index is 0.0513. The monoisotopic (exact) mass is 347 g/mol. The number of amides is 1. The zero-order valence-corrected chi connectivity index (χ0v) is 12.5. The Morgan fingerprint density at radius 3 is 2.35 bits per heavy atom. The second-order valence-corrected chi connectivity index (χ2v) is 5.58. The third-order valence-electron chi connectivity index (χ3n) is 3.64. The van der Waals surface area contributed by atoms with Gasteiger partial charge in [0.05, 0.1) is 28.1 Å². The molecule has 0 spiro atoms. The minimum atomic E-state index is -4.57. The van der Waals surface area contributed by atoms with E-state index in [9.17, 15) is 22.8 Å². The van der Waals surface area contributed by atoms with Gasteiger partial charge in [0.2, 0.25) is 5.91 Å². The molecule has 2 N–H and O–H groups in total. The Morgan fingerprint density at radius 1 is 1.17 bits per heavy atom. The van der Waals surface area contributed by atoms with Gasteiger partial charge in [-0.05, 0) is 31.0 Å². The fraction of sp³-hybridized carbons (Fsp3) is 0.333. The molecular formula is C15H13ClF3NO3. The summed E-state index contributed by atoms with van der Waals surface area (Å²) >= 11 is 5.82. The van der Waals surface area contributed by atoms with E-state index in [1.165, 1.54) is 0 Å². The molecular weight excluding hydrogens is 335 g/mol. The van der Waals surface area contributed by atoms with Crippen LogP contribution in [0.2, 0.25) is 5.02 Å². The van der Waals surface area contributed by atoms with E-state index < -0.39 is 35.5 Å². The highest BCUT2D eigenvalue weighted by Crippen LogP contribution is 2.35. The Kier molecular flexibility index (Phi) is 4.99. The highest BCUT2D eigenvalue weighted by Gasteiger charge is 2.35. The third kappa shape index (κ3) is 4.04. The van der Waals surface area contributed by atoms with Gasteiger partial charge in [0.15, 0.2) is 0 Å². The largest absolute Gasteiger partial charge is 0.481 e. The molecule has 0 aromatic heterocycles. The highest BCUT2D eigenvalue weighted by atomic mass is 35.5. The van der Waals surface area contributed by atoms with Gasteiger partial charge in [-0.2, -0.15) is 13.2 Å². The average Bonchev–Trinajstić information content (AvgIpc) is 2.48. The molecule has 0 heterocycles. The van der Waals surface area contributed by atoms with Crippen LogP contribution in [0.5, 0.6) is 0 Å². The number of carboxylic acids is 1. The molecule has 0 fully saturated rings. The summed E-state index contributed by atoms with van der Waals surface area (Å²) in [4.78, 5) is 23.4. The van der Waals surface area contributed by atoms with Crippen LogP contribution in [0.1, 0.15) is 18.4 Å². The first kappa shape index (κ1) is 17.3. The molecule has 0 radical (unpaired) electrons. The van der Waals surface area contributed by atoms with E-state index in [1.54, 1.807) is 12.2 Å². The number of rotatable bonds is 3. The van der Waals surface area contributed by atoms with Crippen LogP contribution < -0.4 is 5.32 Å². The van der Waals surface area contributed by atoms with Crippen LogP contribution in [-0.2, 0) is 15.8 Å². The Hall–Kier alpha value is -2.02. The molecule has 23 heavy (non-hydrogen) atoms. The number of hydrogen-bond acceptors (Lipinski definition) is 2. The predicted octanol–water partition coefficient (Wildman–Crippen LogP) is 3.96. The highest BCUT2D eigenvalue weighted by molar-refractivity contribution is 6.33. The summed E-state index contributed by atoms with van der Waals surface area (Å²) in [6.45, 7) is 0. The van der Waals surface area contributed by atoms with Gasteiger partial charge >= 0.3 is 12.1 Å². The Labute approximate surface area is 134 Å². The fourth-order valence-corrected chi connectivity index (χ4v) is 2.56. The number of carbonyl (C=O) groups excluding carboxylic acids is 1. The number of carboxylic acid groups (broad SMARTS) is 1. The van der Waals surface area contributed by atoms with Gasteiger partial charge in [-0.3, -0.25) is 9.59 Å². The summed E-state index contributed by atoms with van der Waals surface area (Å²) in [6, 6.07) is 2.57. The van der Waals surface area contributed by atoms with Crippen LogP contribution in [-0.4, -0.2) is 17.0 Å². The number of hydrogen-bond donors (Lipinski definition) is 2. The Morgan fingerprint density at radius 2 is 1.78 bits per heavy atom. The smallest absolute Gasteiger partial charge is 0.416 e. The normalized spacial score (nSPS) is 21.0. The molecule has 1 amide bonds. The van der Waals surface area contributed by atoms with Crippen LogP contribution in [0, 0.1) is 11.8 Å². The number of carbonyl (C=O) groups is 2. The van der Waals surface area contributed by atoms with Crippen LogP contribution in [0.25, 0.3) is 0 Å². The molecule has 1 aromatic rings. The van der Waals surface area contributed by atoms with E-state index in [2.05, 4.69) is 5.32 Å². The summed E-state index contributed by atoms with van der Waals surface area (Å²) in [7, 11) is 0. The Balaban J connectivity index is 2.23. The van der Waals surface area contributed by atoms with Crippen molar-refractivity contribution in [2.75, 3.05) is 5.32 Å². The molecule has 2 atom stereocenters. The third-order valence-corrected chi connectivity index (χ3v) is 3.97. The number of alkyl halides is 3. The lowest BCUT2D eigenvalue weighted by Gasteiger charge is -2.24. The maximum Gasteiger partial charge on any atom is 0.416 e. The fourth-order valence-electron chi connectivity index (χ4n) is 2.40. The molecule has 8 heteroatoms. The molecule has 1 aromatic carbocycles. The van der Waals surface area contributed by atoms with Crippen LogP contribution in [0.4, 0.5) is 18.9 Å². The van der Waals surface area contributed by atoms with Crippen LogP contribution in [0.15, 0.2) is 30.4 Å². The van der Waals surface area contributed by atoms with Crippen molar-refractivity contribution in [1.29, 1.82) is 0 Å². The van der Waals surface area contributed by atoms with Crippen molar-refractivity contribution in [2.45, 2.75) is 19.0 Å². The molecule has 0 aliphatic heterocycles. The van der Waals surface area contributed by atoms with Crippen molar-refractivity contribution in [2.24, 2.45) is 11.8 Å². The number of halogens is 4. The summed E-state index contributed by atoms with van der Waals surface area (Å²) in [5, 5.41) is 11.4. The molecule has 124 valence electrons. The molecule has 1 aliphatic rings. The summed E-state index contributed by atoms with van der Waals surface area (Å²) in [5.41, 5.74) is -1.14. The number of benzene rings is 1. The average molecular weight is 348 g/mol. The lowest BCUT2D eigenvalue weighted by atomic mass is 9.82. The standard InChI is InChI=1S/C15H13ClF3NO3/c16-11-6-5-8(15(17,18)19)7-12(11)20-13(21)9-3-1-2-4-10(9)14(22)23/h1-2,5-7,9-10H,3-4H2,(H,20,21)(H,22,23)/t9-,10+/m0/s1. The molecule has 4 nitrogen and oxygen atoms in total. The number of allylic oxidation sites excluding steroid dienone is 2. The zero-order valence-electron chi connectivity index (χ0n) is 11.7. The first-order valence-corrected chi connectivity index (χ1v) is 7.13. The van der Waals surface area contributed by atoms with E-state index in [1.807, 2.05) is 0 Å². The quantitative estimate of drug-likeness (QED) is 0.813. The van der Waals surface area contributed by atoms with Gasteiger partial charge in [0.25, 0.3) is 0 Å². The zero-order chi connectivity index (χ0) is 17.2. The number of nitrogens with one attached hydrogen (secondary N) is 1. The number of aliphatic carboxylic acids is 1.